The highest BCUT2D eigenvalue weighted by atomic mass is 16.7. The number of quaternary nitrogens is 1. The lowest BCUT2D eigenvalue weighted by molar-refractivity contribution is -0.870. The Morgan fingerprint density at radius 3 is 0.881 bits per heavy atom. The number of carboxylic acids is 1. The van der Waals surface area contributed by atoms with Crippen molar-refractivity contribution < 1.29 is 42.9 Å². The van der Waals surface area contributed by atoms with Gasteiger partial charge in [0, 0.05) is 12.8 Å². The number of unbranched alkanes of at least 4 members (excludes halogenated alkanes) is 54. The van der Waals surface area contributed by atoms with E-state index < -0.39 is 18.4 Å². The summed E-state index contributed by atoms with van der Waals surface area (Å²) in [5.74, 6) is -1.97. The van der Waals surface area contributed by atoms with Crippen LogP contribution in [0.3, 0.4) is 0 Å². The highest BCUT2D eigenvalue weighted by molar-refractivity contribution is 5.71. The Balaban J connectivity index is 4.01. The number of carbonyl (C=O) groups is 3. The van der Waals surface area contributed by atoms with Gasteiger partial charge in [-0.25, -0.2) is 4.79 Å². The van der Waals surface area contributed by atoms with E-state index in [9.17, 15) is 19.5 Å². The monoisotopic (exact) mass is 1190 g/mol. The van der Waals surface area contributed by atoms with Gasteiger partial charge in [-0.15, -0.1) is 0 Å². The van der Waals surface area contributed by atoms with Crippen LogP contribution in [0.15, 0.2) is 12.2 Å². The molecule has 84 heavy (non-hydrogen) atoms. The molecule has 9 heteroatoms. The summed E-state index contributed by atoms with van der Waals surface area (Å²) in [6, 6.07) is 0. The SMILES string of the molecule is CCCCCCCCCC/C=C\CCCCCCCCCCCCCCCCCCCCCC(=O)OC(COC(=O)CCCCCCCCCCCCCCCCCCCCCCCCCCCCCC)COC(OCC[N+](C)(C)C)C(=O)O. The van der Waals surface area contributed by atoms with E-state index in [0.717, 1.165) is 38.5 Å². The largest absolute Gasteiger partial charge is 0.477 e. The molecule has 0 radical (unpaired) electrons. The van der Waals surface area contributed by atoms with Crippen molar-refractivity contribution in [3.8, 4) is 0 Å². The fourth-order valence-electron chi connectivity index (χ4n) is 11.5. The number of rotatable bonds is 71. The number of hydrogen-bond acceptors (Lipinski definition) is 7. The van der Waals surface area contributed by atoms with E-state index in [0.29, 0.717) is 17.4 Å². The Hall–Kier alpha value is -1.97. The van der Waals surface area contributed by atoms with Crippen LogP contribution >= 0.6 is 0 Å². The van der Waals surface area contributed by atoms with E-state index >= 15 is 0 Å². The van der Waals surface area contributed by atoms with Gasteiger partial charge in [0.2, 0.25) is 0 Å². The Kier molecular flexibility index (Phi) is 65.4. The van der Waals surface area contributed by atoms with Crippen LogP contribution in [-0.2, 0) is 33.3 Å². The first kappa shape index (κ1) is 82.0. The molecule has 0 bridgehead atoms. The molecule has 0 aromatic carbocycles. The molecule has 0 heterocycles. The molecule has 0 amide bonds. The fraction of sp³-hybridized carbons (Fsp3) is 0.933. The number of nitrogens with zero attached hydrogens (tertiary/aromatic N) is 1. The van der Waals surface area contributed by atoms with Gasteiger partial charge in [0.1, 0.15) is 13.2 Å². The van der Waals surface area contributed by atoms with Crippen molar-refractivity contribution in [1.29, 1.82) is 0 Å². The first-order chi connectivity index (χ1) is 41.1. The first-order valence-electron chi connectivity index (χ1n) is 37.4. The van der Waals surface area contributed by atoms with Gasteiger partial charge >= 0.3 is 17.9 Å². The number of likely N-dealkylation sites (N-methyl/N-ethyl adjacent to an activating group) is 1. The lowest BCUT2D eigenvalue weighted by Crippen LogP contribution is -2.40. The van der Waals surface area contributed by atoms with Crippen LogP contribution in [0.25, 0.3) is 0 Å². The maximum absolute atomic E-state index is 13.0. The van der Waals surface area contributed by atoms with E-state index in [-0.39, 0.29) is 38.2 Å². The van der Waals surface area contributed by atoms with Crippen molar-refractivity contribution in [1.82, 2.24) is 0 Å². The molecular weight excluding hydrogens is 1040 g/mol. The van der Waals surface area contributed by atoms with Crippen molar-refractivity contribution >= 4 is 17.9 Å². The molecule has 0 saturated heterocycles. The van der Waals surface area contributed by atoms with Crippen LogP contribution in [-0.4, -0.2) is 87.4 Å². The molecular formula is C75H146NO8+. The van der Waals surface area contributed by atoms with Crippen molar-refractivity contribution in [2.24, 2.45) is 0 Å². The second-order valence-electron chi connectivity index (χ2n) is 27.0. The number of allylic oxidation sites excluding steroid dienone is 2. The van der Waals surface area contributed by atoms with Crippen molar-refractivity contribution in [3.63, 3.8) is 0 Å². The summed E-state index contributed by atoms with van der Waals surface area (Å²) >= 11 is 0. The average molecular weight is 1190 g/mol. The molecule has 0 aromatic heterocycles. The van der Waals surface area contributed by atoms with Crippen LogP contribution in [0.5, 0.6) is 0 Å². The second-order valence-corrected chi connectivity index (χ2v) is 27.0. The third kappa shape index (κ3) is 67.5. The van der Waals surface area contributed by atoms with E-state index in [4.69, 9.17) is 18.9 Å². The van der Waals surface area contributed by atoms with Gasteiger partial charge < -0.3 is 28.5 Å². The van der Waals surface area contributed by atoms with Crippen molar-refractivity contribution in [3.05, 3.63) is 12.2 Å². The van der Waals surface area contributed by atoms with Gasteiger partial charge in [0.15, 0.2) is 6.10 Å². The molecule has 0 rings (SSSR count). The Labute approximate surface area is 523 Å². The summed E-state index contributed by atoms with van der Waals surface area (Å²) in [6.45, 7) is 4.97. The van der Waals surface area contributed by atoms with Gasteiger partial charge in [-0.05, 0) is 38.5 Å². The lowest BCUT2D eigenvalue weighted by Gasteiger charge is -2.25. The minimum absolute atomic E-state index is 0.173. The molecule has 0 aliphatic carbocycles. The normalized spacial score (nSPS) is 12.6. The second kappa shape index (κ2) is 67.0. The van der Waals surface area contributed by atoms with E-state index in [1.165, 1.54) is 327 Å². The highest BCUT2D eigenvalue weighted by Crippen LogP contribution is 2.20. The quantitative estimate of drug-likeness (QED) is 0.0211. The molecule has 2 atom stereocenters. The summed E-state index contributed by atoms with van der Waals surface area (Å²) in [5.41, 5.74) is 0. The van der Waals surface area contributed by atoms with E-state index in [1.807, 2.05) is 21.1 Å². The molecule has 0 aromatic rings. The van der Waals surface area contributed by atoms with Gasteiger partial charge in [-0.2, -0.15) is 0 Å². The number of aliphatic carboxylic acids is 1. The van der Waals surface area contributed by atoms with E-state index in [2.05, 4.69) is 26.0 Å². The zero-order chi connectivity index (χ0) is 61.2. The summed E-state index contributed by atoms with van der Waals surface area (Å²) < 4.78 is 23.0. The Morgan fingerprint density at radius 2 is 0.607 bits per heavy atom. The standard InChI is InChI=1S/C75H145NO8/c1-6-8-10-12-14-16-18-20-22-24-26-28-30-32-34-36-37-38-40-42-44-46-48-50-52-54-56-58-60-62-64-66-73(78)84-71(70-83-75(74(79)80)81-68-67-76(3,4)5)69-82-72(77)65-63-61-59-57-55-53-51-49-47-45-43-41-39-35-33-31-29-27-25-23-21-19-17-15-13-11-9-7-2/h24,26,71,75H,6-23,25,27-70H2,1-5H3/p+1/b26-24-. The minimum Gasteiger partial charge on any atom is -0.477 e. The average Bonchev–Trinajstić information content (AvgIpc) is 3.51. The predicted octanol–water partition coefficient (Wildman–Crippen LogP) is 23.2. The van der Waals surface area contributed by atoms with Crippen LogP contribution in [0, 0.1) is 0 Å². The maximum Gasteiger partial charge on any atom is 0.361 e. The van der Waals surface area contributed by atoms with Gasteiger partial charge in [0.05, 0.1) is 34.4 Å². The number of carboxylic acid groups (broad SMARTS) is 1. The molecule has 0 spiro atoms. The summed E-state index contributed by atoms with van der Waals surface area (Å²) in [6.07, 6.45) is 79.2. The molecule has 2 unspecified atom stereocenters. The fourth-order valence-corrected chi connectivity index (χ4v) is 11.5. The van der Waals surface area contributed by atoms with Crippen molar-refractivity contribution in [2.45, 2.75) is 405 Å². The van der Waals surface area contributed by atoms with Crippen LogP contribution in [0.4, 0.5) is 0 Å². The zero-order valence-electron chi connectivity index (χ0n) is 57.1. The molecule has 498 valence electrons. The van der Waals surface area contributed by atoms with Crippen LogP contribution in [0.2, 0.25) is 0 Å². The summed E-state index contributed by atoms with van der Waals surface area (Å²) in [4.78, 5) is 37.7. The summed E-state index contributed by atoms with van der Waals surface area (Å²) in [7, 11) is 6.00. The number of ether oxygens (including phenoxy) is 4. The molecule has 1 N–H and O–H groups in total. The topological polar surface area (TPSA) is 108 Å². The zero-order valence-corrected chi connectivity index (χ0v) is 57.1. The van der Waals surface area contributed by atoms with Crippen LogP contribution < -0.4 is 0 Å². The Bertz CT molecular complexity index is 1380. The number of hydrogen-bond donors (Lipinski definition) is 1. The minimum atomic E-state index is -1.51. The number of esters is 2. The summed E-state index contributed by atoms with van der Waals surface area (Å²) in [5, 5.41) is 9.76. The third-order valence-corrected chi connectivity index (χ3v) is 17.3. The third-order valence-electron chi connectivity index (χ3n) is 17.3. The van der Waals surface area contributed by atoms with E-state index in [1.54, 1.807) is 0 Å². The lowest BCUT2D eigenvalue weighted by atomic mass is 10.0. The maximum atomic E-state index is 13.0. The Morgan fingerprint density at radius 1 is 0.345 bits per heavy atom. The highest BCUT2D eigenvalue weighted by Gasteiger charge is 2.25. The van der Waals surface area contributed by atoms with Crippen molar-refractivity contribution in [2.75, 3.05) is 47.5 Å². The molecule has 9 nitrogen and oxygen atoms in total. The predicted molar refractivity (Wildman–Crippen MR) is 360 cm³/mol. The van der Waals surface area contributed by atoms with Crippen LogP contribution in [0.1, 0.15) is 393 Å². The smallest absolute Gasteiger partial charge is 0.361 e. The molecule has 0 saturated carbocycles. The molecule has 0 aliphatic heterocycles. The first-order valence-corrected chi connectivity index (χ1v) is 37.4. The van der Waals surface area contributed by atoms with Gasteiger partial charge in [-0.3, -0.25) is 9.59 Å². The number of carbonyl (C=O) groups excluding carboxylic acids is 2. The van der Waals surface area contributed by atoms with Gasteiger partial charge in [0.25, 0.3) is 6.29 Å². The molecule has 0 fully saturated rings. The van der Waals surface area contributed by atoms with Gasteiger partial charge in [-0.1, -0.05) is 353 Å². The molecule has 0 aliphatic rings.